The maximum atomic E-state index is 12.0. The zero-order valence-corrected chi connectivity index (χ0v) is 16.2. The van der Waals surface area contributed by atoms with E-state index >= 15 is 0 Å². The van der Waals surface area contributed by atoms with Crippen LogP contribution in [0.5, 0.6) is 5.75 Å². The summed E-state index contributed by atoms with van der Waals surface area (Å²) in [6, 6.07) is 13.9. The molecule has 0 saturated heterocycles. The van der Waals surface area contributed by atoms with E-state index in [-0.39, 0.29) is 13.0 Å². The van der Waals surface area contributed by atoms with E-state index in [4.69, 9.17) is 4.74 Å². The second-order valence-electron chi connectivity index (χ2n) is 5.44. The first-order chi connectivity index (χ1) is 13.0. The third-order valence-electron chi connectivity index (χ3n) is 3.44. The number of carbonyl (C=O) groups is 3. The Bertz CT molecular complexity index is 850. The number of halogens is 1. The molecule has 0 saturated carbocycles. The Morgan fingerprint density at radius 1 is 1.11 bits per heavy atom. The molecule has 2 rings (SSSR count). The number of amides is 2. The van der Waals surface area contributed by atoms with Crippen molar-refractivity contribution in [2.45, 2.75) is 6.42 Å². The molecule has 0 spiro atoms. The summed E-state index contributed by atoms with van der Waals surface area (Å²) in [5.41, 5.74) is 3.46. The maximum absolute atomic E-state index is 12.0. The predicted octanol–water partition coefficient (Wildman–Crippen LogP) is 2.30. The van der Waals surface area contributed by atoms with E-state index in [1.54, 1.807) is 55.6 Å². The summed E-state index contributed by atoms with van der Waals surface area (Å²) in [7, 11) is 1.57. The summed E-state index contributed by atoms with van der Waals surface area (Å²) in [5.74, 6) is -0.660. The highest BCUT2D eigenvalue weighted by molar-refractivity contribution is 9.10. The SMILES string of the molecule is COc1ccc(/C=N\NC(=O)CC(=O)CNC(=O)c2ccccc2Br)cc1. The van der Waals surface area contributed by atoms with Gasteiger partial charge in [0.25, 0.3) is 5.91 Å². The number of hydrogen-bond donors (Lipinski definition) is 2. The molecule has 2 aromatic rings. The number of rotatable bonds is 8. The number of hydrogen-bond acceptors (Lipinski definition) is 5. The van der Waals surface area contributed by atoms with E-state index in [1.165, 1.54) is 6.21 Å². The van der Waals surface area contributed by atoms with Crippen LogP contribution in [0.4, 0.5) is 0 Å². The molecule has 140 valence electrons. The number of nitrogens with zero attached hydrogens (tertiary/aromatic N) is 1. The summed E-state index contributed by atoms with van der Waals surface area (Å²) in [6.07, 6.45) is 1.08. The lowest BCUT2D eigenvalue weighted by molar-refractivity contribution is -0.127. The van der Waals surface area contributed by atoms with Gasteiger partial charge in [0.15, 0.2) is 5.78 Å². The quantitative estimate of drug-likeness (QED) is 0.380. The van der Waals surface area contributed by atoms with Crippen LogP contribution in [0.2, 0.25) is 0 Å². The second kappa shape index (κ2) is 10.2. The lowest BCUT2D eigenvalue weighted by Crippen LogP contribution is -2.32. The van der Waals surface area contributed by atoms with Crippen molar-refractivity contribution in [2.24, 2.45) is 5.10 Å². The fourth-order valence-corrected chi connectivity index (χ4v) is 2.53. The van der Waals surface area contributed by atoms with Gasteiger partial charge in [0, 0.05) is 4.47 Å². The van der Waals surface area contributed by atoms with Gasteiger partial charge >= 0.3 is 0 Å². The Morgan fingerprint density at radius 2 is 1.81 bits per heavy atom. The monoisotopic (exact) mass is 431 g/mol. The van der Waals surface area contributed by atoms with Crippen LogP contribution in [0.1, 0.15) is 22.3 Å². The first kappa shape index (κ1) is 20.3. The third kappa shape index (κ3) is 6.67. The van der Waals surface area contributed by atoms with Crippen molar-refractivity contribution >= 4 is 39.7 Å². The Hall–Kier alpha value is -3.00. The van der Waals surface area contributed by atoms with Gasteiger partial charge in [-0.15, -0.1) is 0 Å². The van der Waals surface area contributed by atoms with Crippen LogP contribution in [0, 0.1) is 0 Å². The summed E-state index contributed by atoms with van der Waals surface area (Å²) in [6.45, 7) is -0.240. The number of ether oxygens (including phenoxy) is 1. The van der Waals surface area contributed by atoms with Crippen molar-refractivity contribution in [1.82, 2.24) is 10.7 Å². The summed E-state index contributed by atoms with van der Waals surface area (Å²) in [4.78, 5) is 35.6. The molecule has 0 aliphatic rings. The van der Waals surface area contributed by atoms with E-state index in [2.05, 4.69) is 31.8 Å². The number of benzene rings is 2. The molecule has 2 aromatic carbocycles. The Balaban J connectivity index is 1.74. The topological polar surface area (TPSA) is 96.9 Å². The highest BCUT2D eigenvalue weighted by atomic mass is 79.9. The average molecular weight is 432 g/mol. The van der Waals surface area contributed by atoms with Crippen molar-refractivity contribution in [3.63, 3.8) is 0 Å². The standard InChI is InChI=1S/C19H18BrN3O4/c1-27-15-8-6-13(7-9-15)11-22-23-18(25)10-14(24)12-21-19(26)16-4-2-3-5-17(16)20/h2-9,11H,10,12H2,1H3,(H,21,26)(H,23,25)/b22-11-. The van der Waals surface area contributed by atoms with Crippen LogP contribution in [0.15, 0.2) is 58.1 Å². The number of hydrazone groups is 1. The van der Waals surface area contributed by atoms with E-state index < -0.39 is 17.6 Å². The number of nitrogens with one attached hydrogen (secondary N) is 2. The molecule has 0 heterocycles. The minimum atomic E-state index is -0.556. The van der Waals surface area contributed by atoms with Gasteiger partial charge in [-0.1, -0.05) is 12.1 Å². The van der Waals surface area contributed by atoms with Crippen LogP contribution in [0.3, 0.4) is 0 Å². The first-order valence-electron chi connectivity index (χ1n) is 8.00. The lowest BCUT2D eigenvalue weighted by Gasteiger charge is -2.06. The summed E-state index contributed by atoms with van der Waals surface area (Å²) in [5, 5.41) is 6.28. The van der Waals surface area contributed by atoms with Crippen molar-refractivity contribution < 1.29 is 19.1 Å². The number of carbonyl (C=O) groups excluding carboxylic acids is 3. The summed E-state index contributed by atoms with van der Waals surface area (Å²) < 4.78 is 5.67. The minimum Gasteiger partial charge on any atom is -0.497 e. The van der Waals surface area contributed by atoms with Gasteiger partial charge < -0.3 is 10.1 Å². The molecule has 2 amide bonds. The van der Waals surface area contributed by atoms with Crippen LogP contribution < -0.4 is 15.5 Å². The highest BCUT2D eigenvalue weighted by Gasteiger charge is 2.13. The molecule has 0 aliphatic carbocycles. The van der Waals surface area contributed by atoms with Gasteiger partial charge in [0.05, 0.1) is 31.9 Å². The molecule has 0 unspecified atom stereocenters. The van der Waals surface area contributed by atoms with E-state index in [1.807, 2.05) is 0 Å². The summed E-state index contributed by atoms with van der Waals surface area (Å²) >= 11 is 3.27. The van der Waals surface area contributed by atoms with Crippen LogP contribution in [-0.2, 0) is 9.59 Å². The number of Topliss-reactive ketones (excluding diaryl/α,β-unsaturated/α-hetero) is 1. The molecular formula is C19H18BrN3O4. The smallest absolute Gasteiger partial charge is 0.252 e. The Morgan fingerprint density at radius 3 is 2.48 bits per heavy atom. The van der Waals surface area contributed by atoms with Crippen LogP contribution in [0.25, 0.3) is 0 Å². The van der Waals surface area contributed by atoms with Gasteiger partial charge in [0.2, 0.25) is 5.91 Å². The minimum absolute atomic E-state index is 0.240. The van der Waals surface area contributed by atoms with Gasteiger partial charge in [0.1, 0.15) is 5.75 Å². The fraction of sp³-hybridized carbons (Fsp3) is 0.158. The first-order valence-corrected chi connectivity index (χ1v) is 8.79. The van der Waals surface area contributed by atoms with Gasteiger partial charge in [-0.2, -0.15) is 5.10 Å². The normalized spacial score (nSPS) is 10.4. The van der Waals surface area contributed by atoms with Gasteiger partial charge in [-0.3, -0.25) is 14.4 Å². The van der Waals surface area contributed by atoms with Crippen molar-refractivity contribution in [1.29, 1.82) is 0 Å². The molecule has 0 atom stereocenters. The van der Waals surface area contributed by atoms with Crippen molar-refractivity contribution in [3.8, 4) is 5.75 Å². The zero-order chi connectivity index (χ0) is 19.6. The molecule has 0 aliphatic heterocycles. The number of methoxy groups -OCH3 is 1. The van der Waals surface area contributed by atoms with E-state index in [9.17, 15) is 14.4 Å². The molecular weight excluding hydrogens is 414 g/mol. The molecule has 27 heavy (non-hydrogen) atoms. The van der Waals surface area contributed by atoms with E-state index in [0.717, 1.165) is 5.56 Å². The van der Waals surface area contributed by atoms with Gasteiger partial charge in [-0.25, -0.2) is 5.43 Å². The predicted molar refractivity (Wildman–Crippen MR) is 105 cm³/mol. The molecule has 0 fully saturated rings. The highest BCUT2D eigenvalue weighted by Crippen LogP contribution is 2.15. The van der Waals surface area contributed by atoms with Crippen molar-refractivity contribution in [2.75, 3.05) is 13.7 Å². The van der Waals surface area contributed by atoms with Crippen LogP contribution >= 0.6 is 15.9 Å². The second-order valence-corrected chi connectivity index (χ2v) is 6.30. The van der Waals surface area contributed by atoms with Crippen molar-refractivity contribution in [3.05, 3.63) is 64.1 Å². The molecule has 0 aromatic heterocycles. The Kier molecular flexibility index (Phi) is 7.69. The molecule has 0 radical (unpaired) electrons. The maximum Gasteiger partial charge on any atom is 0.252 e. The van der Waals surface area contributed by atoms with Gasteiger partial charge in [-0.05, 0) is 57.9 Å². The average Bonchev–Trinajstić information content (AvgIpc) is 2.67. The fourth-order valence-electron chi connectivity index (χ4n) is 2.07. The largest absolute Gasteiger partial charge is 0.497 e. The molecule has 7 nitrogen and oxygen atoms in total. The lowest BCUT2D eigenvalue weighted by atomic mass is 10.2. The molecule has 8 heteroatoms. The van der Waals surface area contributed by atoms with E-state index in [0.29, 0.717) is 15.8 Å². The zero-order valence-electron chi connectivity index (χ0n) is 14.6. The molecule has 0 bridgehead atoms. The van der Waals surface area contributed by atoms with Crippen LogP contribution in [-0.4, -0.2) is 37.5 Å². The Labute approximate surface area is 164 Å². The third-order valence-corrected chi connectivity index (χ3v) is 4.13. The molecule has 2 N–H and O–H groups in total. The number of ketones is 1.